The Morgan fingerprint density at radius 1 is 1.47 bits per heavy atom. The van der Waals surface area contributed by atoms with E-state index in [9.17, 15) is 9.90 Å². The molecule has 1 aromatic rings. The van der Waals surface area contributed by atoms with Gasteiger partial charge in [-0.3, -0.25) is 4.79 Å². The van der Waals surface area contributed by atoms with E-state index in [-0.39, 0.29) is 5.78 Å². The highest BCUT2D eigenvalue weighted by atomic mass is 16.5. The van der Waals surface area contributed by atoms with Gasteiger partial charge in [-0.25, -0.2) is 0 Å². The quantitative estimate of drug-likeness (QED) is 0.770. The van der Waals surface area contributed by atoms with Gasteiger partial charge in [0.25, 0.3) is 0 Å². The second-order valence-corrected chi connectivity index (χ2v) is 3.66. The zero-order valence-electron chi connectivity index (χ0n) is 9.28. The number of ketones is 1. The fourth-order valence-corrected chi connectivity index (χ4v) is 1.28. The van der Waals surface area contributed by atoms with Crippen molar-refractivity contribution in [3.05, 3.63) is 29.8 Å². The van der Waals surface area contributed by atoms with E-state index in [4.69, 9.17) is 4.74 Å². The number of hydrogen-bond acceptors (Lipinski definition) is 3. The highest BCUT2D eigenvalue weighted by molar-refractivity contribution is 6.04. The first kappa shape index (κ1) is 11.7. The summed E-state index contributed by atoms with van der Waals surface area (Å²) in [7, 11) is 1.51. The van der Waals surface area contributed by atoms with E-state index in [2.05, 4.69) is 0 Å². The van der Waals surface area contributed by atoms with Crippen molar-refractivity contribution in [2.24, 2.45) is 0 Å². The maximum absolute atomic E-state index is 11.9. The summed E-state index contributed by atoms with van der Waals surface area (Å²) in [6.07, 6.45) is 0.379. The number of ether oxygens (including phenoxy) is 1. The van der Waals surface area contributed by atoms with Gasteiger partial charge in [-0.05, 0) is 25.5 Å². The van der Waals surface area contributed by atoms with Crippen LogP contribution in [0.1, 0.15) is 30.6 Å². The highest BCUT2D eigenvalue weighted by Gasteiger charge is 2.30. The molecule has 0 spiro atoms. The molecule has 82 valence electrons. The topological polar surface area (TPSA) is 46.5 Å². The summed E-state index contributed by atoms with van der Waals surface area (Å²) < 4.78 is 5.07. The van der Waals surface area contributed by atoms with Crippen LogP contribution in [0.4, 0.5) is 0 Å². The molecular formula is C12H16O3. The first-order valence-electron chi connectivity index (χ1n) is 4.93. The molecule has 1 atom stereocenters. The van der Waals surface area contributed by atoms with Crippen LogP contribution >= 0.6 is 0 Å². The van der Waals surface area contributed by atoms with E-state index in [0.717, 1.165) is 0 Å². The maximum atomic E-state index is 11.9. The monoisotopic (exact) mass is 208 g/mol. The van der Waals surface area contributed by atoms with E-state index >= 15 is 0 Å². The Morgan fingerprint density at radius 2 is 2.07 bits per heavy atom. The van der Waals surface area contributed by atoms with Gasteiger partial charge in [0, 0.05) is 0 Å². The summed E-state index contributed by atoms with van der Waals surface area (Å²) in [6.45, 7) is 3.29. The van der Waals surface area contributed by atoms with Gasteiger partial charge in [0.15, 0.2) is 5.78 Å². The average molecular weight is 208 g/mol. The van der Waals surface area contributed by atoms with E-state index in [1.807, 2.05) is 0 Å². The summed E-state index contributed by atoms with van der Waals surface area (Å²) in [5, 5.41) is 9.86. The molecule has 0 bridgehead atoms. The summed E-state index contributed by atoms with van der Waals surface area (Å²) in [5.41, 5.74) is -0.902. The third-order valence-corrected chi connectivity index (χ3v) is 2.53. The normalized spacial score (nSPS) is 14.4. The van der Waals surface area contributed by atoms with Gasteiger partial charge in [0.1, 0.15) is 11.4 Å². The van der Waals surface area contributed by atoms with Crippen LogP contribution in [0.15, 0.2) is 24.3 Å². The molecule has 0 fully saturated rings. The minimum atomic E-state index is -1.32. The molecular weight excluding hydrogens is 192 g/mol. The first-order chi connectivity index (χ1) is 7.03. The van der Waals surface area contributed by atoms with Crippen LogP contribution in [0.2, 0.25) is 0 Å². The molecule has 0 aliphatic heterocycles. The summed E-state index contributed by atoms with van der Waals surface area (Å²) in [6, 6.07) is 6.90. The van der Waals surface area contributed by atoms with Gasteiger partial charge in [-0.1, -0.05) is 19.1 Å². The molecule has 0 saturated heterocycles. The Bertz CT molecular complexity index is 356. The van der Waals surface area contributed by atoms with Crippen LogP contribution in [-0.2, 0) is 0 Å². The van der Waals surface area contributed by atoms with Crippen molar-refractivity contribution >= 4 is 5.78 Å². The number of aliphatic hydroxyl groups is 1. The Kier molecular flexibility index (Phi) is 3.48. The first-order valence-corrected chi connectivity index (χ1v) is 4.93. The van der Waals surface area contributed by atoms with E-state index < -0.39 is 5.60 Å². The molecule has 0 aromatic heterocycles. The van der Waals surface area contributed by atoms with Gasteiger partial charge < -0.3 is 9.84 Å². The largest absolute Gasteiger partial charge is 0.496 e. The maximum Gasteiger partial charge on any atom is 0.197 e. The number of rotatable bonds is 4. The molecule has 0 radical (unpaired) electrons. The second-order valence-electron chi connectivity index (χ2n) is 3.66. The van der Waals surface area contributed by atoms with Crippen molar-refractivity contribution in [3.8, 4) is 5.75 Å². The SMILES string of the molecule is CCC(C)(O)C(=O)c1ccccc1OC. The molecule has 1 rings (SSSR count). The predicted octanol–water partition coefficient (Wildman–Crippen LogP) is 2.04. The average Bonchev–Trinajstić information content (AvgIpc) is 2.28. The zero-order chi connectivity index (χ0) is 11.5. The molecule has 15 heavy (non-hydrogen) atoms. The highest BCUT2D eigenvalue weighted by Crippen LogP contribution is 2.24. The Hall–Kier alpha value is -1.35. The van der Waals surface area contributed by atoms with E-state index in [0.29, 0.717) is 17.7 Å². The number of hydrogen-bond donors (Lipinski definition) is 1. The van der Waals surface area contributed by atoms with Crippen molar-refractivity contribution in [2.75, 3.05) is 7.11 Å². The third-order valence-electron chi connectivity index (χ3n) is 2.53. The van der Waals surface area contributed by atoms with Crippen LogP contribution < -0.4 is 4.74 Å². The molecule has 1 aromatic carbocycles. The van der Waals surface area contributed by atoms with Crippen molar-refractivity contribution in [3.63, 3.8) is 0 Å². The fraction of sp³-hybridized carbons (Fsp3) is 0.417. The fourth-order valence-electron chi connectivity index (χ4n) is 1.28. The zero-order valence-corrected chi connectivity index (χ0v) is 9.28. The minimum Gasteiger partial charge on any atom is -0.496 e. The lowest BCUT2D eigenvalue weighted by Crippen LogP contribution is -2.34. The summed E-state index contributed by atoms with van der Waals surface area (Å²) in [5.74, 6) is 0.193. The predicted molar refractivity (Wildman–Crippen MR) is 58.2 cm³/mol. The molecule has 0 aliphatic carbocycles. The Labute approximate surface area is 89.7 Å². The van der Waals surface area contributed by atoms with Crippen molar-refractivity contribution in [2.45, 2.75) is 25.9 Å². The van der Waals surface area contributed by atoms with Gasteiger partial charge in [0.05, 0.1) is 12.7 Å². The lowest BCUT2D eigenvalue weighted by atomic mass is 9.92. The Balaban J connectivity index is 3.11. The van der Waals surface area contributed by atoms with Gasteiger partial charge in [-0.2, -0.15) is 0 Å². The number of benzene rings is 1. The molecule has 3 heteroatoms. The van der Waals surface area contributed by atoms with Gasteiger partial charge in [0.2, 0.25) is 0 Å². The molecule has 1 N–H and O–H groups in total. The van der Waals surface area contributed by atoms with Crippen molar-refractivity contribution in [1.29, 1.82) is 0 Å². The molecule has 0 heterocycles. The lowest BCUT2D eigenvalue weighted by Gasteiger charge is -2.20. The minimum absolute atomic E-state index is 0.303. The standard InChI is InChI=1S/C12H16O3/c1-4-12(2,14)11(13)9-7-5-6-8-10(9)15-3/h5-8,14H,4H2,1-3H3. The van der Waals surface area contributed by atoms with Crippen LogP contribution in [0, 0.1) is 0 Å². The van der Waals surface area contributed by atoms with Crippen LogP contribution in [-0.4, -0.2) is 23.6 Å². The van der Waals surface area contributed by atoms with Crippen LogP contribution in [0.3, 0.4) is 0 Å². The second kappa shape index (κ2) is 4.45. The molecule has 0 saturated carbocycles. The van der Waals surface area contributed by atoms with E-state index in [1.165, 1.54) is 14.0 Å². The smallest absolute Gasteiger partial charge is 0.197 e. The van der Waals surface area contributed by atoms with Crippen LogP contribution in [0.5, 0.6) is 5.75 Å². The van der Waals surface area contributed by atoms with E-state index in [1.54, 1.807) is 31.2 Å². The van der Waals surface area contributed by atoms with Crippen LogP contribution in [0.25, 0.3) is 0 Å². The summed E-state index contributed by atoms with van der Waals surface area (Å²) >= 11 is 0. The number of carbonyl (C=O) groups excluding carboxylic acids is 1. The van der Waals surface area contributed by atoms with Crippen molar-refractivity contribution in [1.82, 2.24) is 0 Å². The Morgan fingerprint density at radius 3 is 2.60 bits per heavy atom. The van der Waals surface area contributed by atoms with Crippen molar-refractivity contribution < 1.29 is 14.6 Å². The lowest BCUT2D eigenvalue weighted by molar-refractivity contribution is 0.0387. The van der Waals surface area contributed by atoms with Gasteiger partial charge in [-0.15, -0.1) is 0 Å². The molecule has 0 aliphatic rings. The number of para-hydroxylation sites is 1. The molecule has 1 unspecified atom stereocenters. The number of methoxy groups -OCH3 is 1. The third kappa shape index (κ3) is 2.36. The number of Topliss-reactive ketones (excluding diaryl/α,β-unsaturated/α-hetero) is 1. The number of carbonyl (C=O) groups is 1. The molecule has 3 nitrogen and oxygen atoms in total. The molecule has 0 amide bonds. The van der Waals surface area contributed by atoms with Gasteiger partial charge >= 0.3 is 0 Å². The summed E-state index contributed by atoms with van der Waals surface area (Å²) in [4.78, 5) is 11.9.